The van der Waals surface area contributed by atoms with E-state index in [0.717, 1.165) is 49.9 Å². The molecule has 0 saturated carbocycles. The highest BCUT2D eigenvalue weighted by Crippen LogP contribution is 2.11. The van der Waals surface area contributed by atoms with Crippen LogP contribution >= 0.6 is 24.0 Å². The minimum Gasteiger partial charge on any atom is -0.497 e. The lowest BCUT2D eigenvalue weighted by molar-refractivity contribution is 0.143. The van der Waals surface area contributed by atoms with E-state index in [9.17, 15) is 0 Å². The maximum absolute atomic E-state index is 5.52. The summed E-state index contributed by atoms with van der Waals surface area (Å²) in [7, 11) is 1.67. The molecule has 0 aliphatic carbocycles. The zero-order chi connectivity index (χ0) is 18.9. The number of aliphatic imine (C=N–C) groups is 1. The Morgan fingerprint density at radius 2 is 1.81 bits per heavy atom. The summed E-state index contributed by atoms with van der Waals surface area (Å²) >= 11 is 0. The Morgan fingerprint density at radius 3 is 2.48 bits per heavy atom. The van der Waals surface area contributed by atoms with Crippen molar-refractivity contribution in [1.29, 1.82) is 0 Å². The summed E-state index contributed by atoms with van der Waals surface area (Å²) in [5.74, 6) is 1.63. The molecule has 1 aromatic rings. The Labute approximate surface area is 180 Å². The van der Waals surface area contributed by atoms with Crippen LogP contribution in [0.5, 0.6) is 5.75 Å². The summed E-state index contributed by atoms with van der Waals surface area (Å²) < 4.78 is 16.1. The van der Waals surface area contributed by atoms with Crippen LogP contribution in [0.4, 0.5) is 0 Å². The number of guanidine groups is 1. The monoisotopic (exact) mass is 491 g/mol. The molecule has 2 N–H and O–H groups in total. The largest absolute Gasteiger partial charge is 0.497 e. The normalized spacial score (nSPS) is 10.8. The second-order valence-electron chi connectivity index (χ2n) is 5.61. The molecule has 0 unspecified atom stereocenters. The zero-order valence-corrected chi connectivity index (χ0v) is 18.9. The number of nitrogens with zero attached hydrogens (tertiary/aromatic N) is 1. The Balaban J connectivity index is 0.00000676. The number of hydrogen-bond acceptors (Lipinski definition) is 4. The fourth-order valence-electron chi connectivity index (χ4n) is 2.11. The zero-order valence-electron chi connectivity index (χ0n) is 16.5. The lowest BCUT2D eigenvalue weighted by atomic mass is 10.2. The van der Waals surface area contributed by atoms with Crippen LogP contribution in [0.2, 0.25) is 0 Å². The van der Waals surface area contributed by atoms with E-state index >= 15 is 0 Å². The molecule has 0 aromatic heterocycles. The van der Waals surface area contributed by atoms with E-state index < -0.39 is 0 Å². The van der Waals surface area contributed by atoms with E-state index in [4.69, 9.17) is 14.2 Å². The Kier molecular flexibility index (Phi) is 17.2. The molecule has 154 valence electrons. The van der Waals surface area contributed by atoms with Gasteiger partial charge in [0.25, 0.3) is 0 Å². The van der Waals surface area contributed by atoms with E-state index in [1.54, 1.807) is 7.11 Å². The van der Waals surface area contributed by atoms with Crippen LogP contribution < -0.4 is 15.4 Å². The standard InChI is InChI=1S/C20H33N3O3.HI/c1-4-6-14-26-16-13-22-20(21-12-7-15-25-5-2)23-17-18-8-10-19(24-3)11-9-18;/h4,8-11H,1,5-7,12-17H2,2-3H3,(H2,21,22,23);1H. The molecule has 6 nitrogen and oxygen atoms in total. The van der Waals surface area contributed by atoms with Gasteiger partial charge in [-0.1, -0.05) is 18.2 Å². The predicted octanol–water partition coefficient (Wildman–Crippen LogP) is 3.37. The molecule has 0 aliphatic heterocycles. The summed E-state index contributed by atoms with van der Waals surface area (Å²) in [5, 5.41) is 6.64. The average molecular weight is 491 g/mol. The first-order valence-corrected chi connectivity index (χ1v) is 9.21. The van der Waals surface area contributed by atoms with Crippen molar-refractivity contribution in [2.24, 2.45) is 4.99 Å². The molecule has 0 fully saturated rings. The highest BCUT2D eigenvalue weighted by Gasteiger charge is 2.00. The minimum atomic E-state index is 0. The first-order valence-electron chi connectivity index (χ1n) is 9.21. The van der Waals surface area contributed by atoms with E-state index in [1.807, 2.05) is 37.3 Å². The first-order chi connectivity index (χ1) is 12.8. The van der Waals surface area contributed by atoms with E-state index in [0.29, 0.717) is 26.3 Å². The Hall–Kier alpha value is -1.32. The molecule has 1 aromatic carbocycles. The molecule has 0 aliphatic rings. The topological polar surface area (TPSA) is 64.1 Å². The first kappa shape index (κ1) is 25.7. The molecule has 0 amide bonds. The van der Waals surface area contributed by atoms with Crippen LogP contribution in [0.25, 0.3) is 0 Å². The number of halogens is 1. The lowest BCUT2D eigenvalue weighted by Crippen LogP contribution is -2.39. The third kappa shape index (κ3) is 13.5. The molecule has 7 heteroatoms. The van der Waals surface area contributed by atoms with Crippen molar-refractivity contribution in [2.45, 2.75) is 26.3 Å². The van der Waals surface area contributed by atoms with Crippen molar-refractivity contribution in [3.63, 3.8) is 0 Å². The van der Waals surface area contributed by atoms with Gasteiger partial charge < -0.3 is 24.8 Å². The molecule has 1 rings (SSSR count). The van der Waals surface area contributed by atoms with Gasteiger partial charge in [0.05, 0.1) is 26.9 Å². The number of benzene rings is 1. The van der Waals surface area contributed by atoms with Gasteiger partial charge in [-0.25, -0.2) is 4.99 Å². The van der Waals surface area contributed by atoms with Crippen LogP contribution in [0.15, 0.2) is 41.9 Å². The third-order valence-electron chi connectivity index (χ3n) is 3.55. The molecule has 0 spiro atoms. The van der Waals surface area contributed by atoms with Crippen molar-refractivity contribution in [2.75, 3.05) is 46.6 Å². The fourth-order valence-corrected chi connectivity index (χ4v) is 2.11. The van der Waals surface area contributed by atoms with Crippen molar-refractivity contribution < 1.29 is 14.2 Å². The fraction of sp³-hybridized carbons (Fsp3) is 0.550. The van der Waals surface area contributed by atoms with Gasteiger partial charge >= 0.3 is 0 Å². The smallest absolute Gasteiger partial charge is 0.191 e. The quantitative estimate of drug-likeness (QED) is 0.137. The van der Waals surface area contributed by atoms with E-state index in [1.165, 1.54) is 0 Å². The average Bonchev–Trinajstić information content (AvgIpc) is 2.68. The van der Waals surface area contributed by atoms with Crippen LogP contribution in [0.3, 0.4) is 0 Å². The Bertz CT molecular complexity index is 510. The van der Waals surface area contributed by atoms with Gasteiger partial charge in [-0.05, 0) is 37.5 Å². The van der Waals surface area contributed by atoms with Crippen molar-refractivity contribution in [3.8, 4) is 5.75 Å². The predicted molar refractivity (Wildman–Crippen MR) is 122 cm³/mol. The molecule has 0 atom stereocenters. The molecular weight excluding hydrogens is 457 g/mol. The van der Waals surface area contributed by atoms with Gasteiger partial charge in [0.15, 0.2) is 5.96 Å². The van der Waals surface area contributed by atoms with Crippen molar-refractivity contribution >= 4 is 29.9 Å². The van der Waals surface area contributed by atoms with Gasteiger partial charge in [0.2, 0.25) is 0 Å². The summed E-state index contributed by atoms with van der Waals surface area (Å²) in [6.45, 7) is 10.6. The van der Waals surface area contributed by atoms with Crippen molar-refractivity contribution in [1.82, 2.24) is 10.6 Å². The summed E-state index contributed by atoms with van der Waals surface area (Å²) in [4.78, 5) is 4.64. The number of nitrogens with one attached hydrogen (secondary N) is 2. The maximum Gasteiger partial charge on any atom is 0.191 e. The molecular formula is C20H34IN3O3. The molecule has 0 saturated heterocycles. The SMILES string of the molecule is C=CCCOCCNC(=NCc1ccc(OC)cc1)NCCCOCC.I. The number of ether oxygens (including phenoxy) is 3. The van der Waals surface area contributed by atoms with Crippen LogP contribution in [-0.2, 0) is 16.0 Å². The summed E-state index contributed by atoms with van der Waals surface area (Å²) in [6, 6.07) is 7.93. The number of hydrogen-bond donors (Lipinski definition) is 2. The van der Waals surface area contributed by atoms with Gasteiger partial charge in [-0.15, -0.1) is 30.6 Å². The van der Waals surface area contributed by atoms with E-state index in [-0.39, 0.29) is 24.0 Å². The second-order valence-corrected chi connectivity index (χ2v) is 5.61. The minimum absolute atomic E-state index is 0. The van der Waals surface area contributed by atoms with Crippen LogP contribution in [0.1, 0.15) is 25.3 Å². The van der Waals surface area contributed by atoms with Gasteiger partial charge in [-0.3, -0.25) is 0 Å². The highest BCUT2D eigenvalue weighted by molar-refractivity contribution is 14.0. The Morgan fingerprint density at radius 1 is 1.07 bits per heavy atom. The lowest BCUT2D eigenvalue weighted by Gasteiger charge is -2.13. The second kappa shape index (κ2) is 18.1. The molecule has 27 heavy (non-hydrogen) atoms. The van der Waals surface area contributed by atoms with Crippen LogP contribution in [0, 0.1) is 0 Å². The van der Waals surface area contributed by atoms with Gasteiger partial charge in [0, 0.05) is 26.3 Å². The van der Waals surface area contributed by atoms with Crippen molar-refractivity contribution in [3.05, 3.63) is 42.5 Å². The van der Waals surface area contributed by atoms with Crippen LogP contribution in [-0.4, -0.2) is 52.6 Å². The highest BCUT2D eigenvalue weighted by atomic mass is 127. The van der Waals surface area contributed by atoms with Gasteiger partial charge in [0.1, 0.15) is 5.75 Å². The maximum atomic E-state index is 5.52. The third-order valence-corrected chi connectivity index (χ3v) is 3.55. The number of methoxy groups -OCH3 is 1. The summed E-state index contributed by atoms with van der Waals surface area (Å²) in [5.41, 5.74) is 1.13. The number of rotatable bonds is 14. The molecule has 0 heterocycles. The summed E-state index contributed by atoms with van der Waals surface area (Å²) in [6.07, 6.45) is 3.66. The molecule has 0 radical (unpaired) electrons. The van der Waals surface area contributed by atoms with E-state index in [2.05, 4.69) is 22.2 Å². The molecule has 0 bridgehead atoms. The van der Waals surface area contributed by atoms with Gasteiger partial charge in [-0.2, -0.15) is 0 Å².